The zero-order valence-electron chi connectivity index (χ0n) is 21.6. The van der Waals surface area contributed by atoms with Crippen LogP contribution in [0.4, 0.5) is 4.39 Å². The van der Waals surface area contributed by atoms with Crippen molar-refractivity contribution in [1.82, 2.24) is 24.0 Å². The van der Waals surface area contributed by atoms with Crippen LogP contribution in [0.3, 0.4) is 0 Å². The summed E-state index contributed by atoms with van der Waals surface area (Å²) in [5, 5.41) is 1.01. The molecule has 1 aliphatic rings. The first-order valence-electron chi connectivity index (χ1n) is 12.5. The van der Waals surface area contributed by atoms with E-state index in [-0.39, 0.29) is 12.5 Å². The van der Waals surface area contributed by atoms with Gasteiger partial charge in [0.1, 0.15) is 18.2 Å². The number of aromatic nitrogens is 4. The number of hydrogen-bond donors (Lipinski definition) is 1. The van der Waals surface area contributed by atoms with Gasteiger partial charge in [0.05, 0.1) is 47.6 Å². The number of nitrogens with zero attached hydrogens (tertiary/aromatic N) is 5. The number of aryl methyl sites for hydroxylation is 2. The molecule has 0 saturated heterocycles. The third-order valence-electron chi connectivity index (χ3n) is 7.41. The van der Waals surface area contributed by atoms with E-state index in [9.17, 15) is 9.18 Å². The normalized spacial score (nSPS) is 14.4. The van der Waals surface area contributed by atoms with E-state index in [2.05, 4.69) is 20.2 Å². The molecule has 0 radical (unpaired) electrons. The van der Waals surface area contributed by atoms with Gasteiger partial charge in [-0.15, -0.1) is 0 Å². The van der Waals surface area contributed by atoms with Crippen molar-refractivity contribution >= 4 is 27.8 Å². The first-order valence-corrected chi connectivity index (χ1v) is 12.5. The summed E-state index contributed by atoms with van der Waals surface area (Å²) in [4.78, 5) is 24.1. The number of ether oxygens (including phenoxy) is 1. The summed E-state index contributed by atoms with van der Waals surface area (Å²) in [6.45, 7) is 2.42. The lowest BCUT2D eigenvalue weighted by Gasteiger charge is -2.30. The Bertz CT molecular complexity index is 1680. The van der Waals surface area contributed by atoms with Crippen molar-refractivity contribution in [1.29, 1.82) is 0 Å². The third-order valence-corrected chi connectivity index (χ3v) is 7.41. The minimum Gasteiger partial charge on any atom is -0.495 e. The summed E-state index contributed by atoms with van der Waals surface area (Å²) >= 11 is 0. The monoisotopic (exact) mass is 516 g/mol. The number of amides is 1. The van der Waals surface area contributed by atoms with E-state index in [4.69, 9.17) is 19.9 Å². The predicted molar refractivity (Wildman–Crippen MR) is 142 cm³/mol. The van der Waals surface area contributed by atoms with Gasteiger partial charge in [0.25, 0.3) is 5.91 Å². The number of para-hydroxylation sites is 1. The molecule has 2 aromatic carbocycles. The smallest absolute Gasteiger partial charge is 0.254 e. The van der Waals surface area contributed by atoms with Crippen LogP contribution in [0, 0.1) is 6.92 Å². The van der Waals surface area contributed by atoms with Gasteiger partial charge in [0, 0.05) is 31.1 Å². The fourth-order valence-corrected chi connectivity index (χ4v) is 5.38. The van der Waals surface area contributed by atoms with E-state index >= 15 is 0 Å². The van der Waals surface area contributed by atoms with E-state index in [1.165, 1.54) is 6.39 Å². The van der Waals surface area contributed by atoms with Gasteiger partial charge in [-0.2, -0.15) is 0 Å². The number of carbonyl (C=O) groups is 1. The molecule has 0 spiro atoms. The van der Waals surface area contributed by atoms with Crippen LogP contribution in [0.5, 0.6) is 5.75 Å². The summed E-state index contributed by atoms with van der Waals surface area (Å²) in [6, 6.07) is 11.2. The molecule has 3 aromatic heterocycles. The second-order valence-electron chi connectivity index (χ2n) is 9.78. The summed E-state index contributed by atoms with van der Waals surface area (Å²) in [5.74, 6) is 2.11. The zero-order valence-corrected chi connectivity index (χ0v) is 21.6. The average molecular weight is 517 g/mol. The maximum absolute atomic E-state index is 13.2. The SMILES string of the molecule is COc1cccc2cc(-c3nc4cc5c(cc4n3C)CCN(C[C@H](N)CF)C5=O)n(Cc3ocnc3C)c12. The Morgan fingerprint density at radius 1 is 1.26 bits per heavy atom. The zero-order chi connectivity index (χ0) is 26.6. The van der Waals surface area contributed by atoms with Crippen LogP contribution in [-0.4, -0.2) is 62.8 Å². The molecule has 0 bridgehead atoms. The largest absolute Gasteiger partial charge is 0.495 e. The highest BCUT2D eigenvalue weighted by molar-refractivity contribution is 6.01. The van der Waals surface area contributed by atoms with E-state index in [1.54, 1.807) is 12.0 Å². The van der Waals surface area contributed by atoms with Gasteiger partial charge in [0.15, 0.2) is 12.2 Å². The number of carbonyl (C=O) groups excluding carboxylic acids is 1. The number of fused-ring (bicyclic) bond motifs is 3. The molecular weight excluding hydrogens is 487 g/mol. The van der Waals surface area contributed by atoms with Gasteiger partial charge in [-0.25, -0.2) is 14.4 Å². The van der Waals surface area contributed by atoms with Crippen molar-refractivity contribution in [3.63, 3.8) is 0 Å². The first-order chi connectivity index (χ1) is 18.4. The van der Waals surface area contributed by atoms with Gasteiger partial charge in [0.2, 0.25) is 0 Å². The van der Waals surface area contributed by atoms with E-state index < -0.39 is 12.7 Å². The maximum Gasteiger partial charge on any atom is 0.254 e. The quantitative estimate of drug-likeness (QED) is 0.353. The lowest BCUT2D eigenvalue weighted by atomic mass is 9.97. The Labute approximate surface area is 218 Å². The topological polar surface area (TPSA) is 104 Å². The van der Waals surface area contributed by atoms with Crippen molar-refractivity contribution in [2.75, 3.05) is 26.9 Å². The number of imidazole rings is 1. The lowest BCUT2D eigenvalue weighted by Crippen LogP contribution is -2.45. The van der Waals surface area contributed by atoms with Gasteiger partial charge >= 0.3 is 0 Å². The number of hydrogen-bond acceptors (Lipinski definition) is 6. The molecule has 1 amide bonds. The molecule has 2 N–H and O–H groups in total. The van der Waals surface area contributed by atoms with Crippen molar-refractivity contribution in [3.8, 4) is 17.3 Å². The van der Waals surface area contributed by atoms with E-state index in [1.807, 2.05) is 44.3 Å². The van der Waals surface area contributed by atoms with Gasteiger partial charge < -0.3 is 28.9 Å². The third kappa shape index (κ3) is 3.83. The van der Waals surface area contributed by atoms with E-state index in [0.29, 0.717) is 30.6 Å². The summed E-state index contributed by atoms with van der Waals surface area (Å²) in [7, 11) is 3.64. The highest BCUT2D eigenvalue weighted by Crippen LogP contribution is 2.36. The lowest BCUT2D eigenvalue weighted by molar-refractivity contribution is 0.0725. The molecule has 1 atom stereocenters. The first kappa shape index (κ1) is 24.2. The summed E-state index contributed by atoms with van der Waals surface area (Å²) < 4.78 is 28.6. The van der Waals surface area contributed by atoms with Crippen molar-refractivity contribution < 1.29 is 18.3 Å². The summed E-state index contributed by atoms with van der Waals surface area (Å²) in [5.41, 5.74) is 11.6. The average Bonchev–Trinajstić information content (AvgIpc) is 3.60. The molecule has 0 saturated carbocycles. The van der Waals surface area contributed by atoms with Crippen LogP contribution in [0.1, 0.15) is 27.4 Å². The Morgan fingerprint density at radius 2 is 2.11 bits per heavy atom. The Hall–Kier alpha value is -4.18. The van der Waals surface area contributed by atoms with Crippen LogP contribution in [0.2, 0.25) is 0 Å². The fourth-order valence-electron chi connectivity index (χ4n) is 5.38. The van der Waals surface area contributed by atoms with Gasteiger partial charge in [-0.05, 0) is 43.2 Å². The number of methoxy groups -OCH3 is 1. The molecule has 9 nitrogen and oxygen atoms in total. The number of alkyl halides is 1. The minimum atomic E-state index is -0.683. The van der Waals surface area contributed by atoms with Crippen molar-refractivity contribution in [3.05, 3.63) is 65.4 Å². The van der Waals surface area contributed by atoms with Crippen LogP contribution < -0.4 is 10.5 Å². The van der Waals surface area contributed by atoms with E-state index in [0.717, 1.165) is 50.7 Å². The Morgan fingerprint density at radius 3 is 2.84 bits per heavy atom. The second-order valence-corrected chi connectivity index (χ2v) is 9.78. The number of oxazole rings is 1. The van der Waals surface area contributed by atoms with Gasteiger partial charge in [-0.1, -0.05) is 12.1 Å². The fraction of sp³-hybridized carbons (Fsp3) is 0.321. The number of nitrogens with two attached hydrogens (primary N) is 1. The van der Waals surface area contributed by atoms with Crippen LogP contribution in [0.15, 0.2) is 47.2 Å². The van der Waals surface area contributed by atoms with Crippen molar-refractivity contribution in [2.24, 2.45) is 12.8 Å². The molecule has 0 aliphatic carbocycles. The molecular formula is C28H29FN6O3. The number of halogens is 1. The standard InChI is InChI=1S/C28H29FN6O3/c1-16-25(38-15-31-16)14-35-23(10-18-5-4-6-24(37-3)26(18)35)27-32-21-11-20-17(9-22(21)33(27)2)7-8-34(28(20)36)13-19(30)12-29/h4-6,9-11,15,19H,7-8,12-14,30H2,1-3H3/t19-/m1/s1. The molecule has 196 valence electrons. The minimum absolute atomic E-state index is 0.135. The molecule has 6 rings (SSSR count). The highest BCUT2D eigenvalue weighted by Gasteiger charge is 2.28. The second kappa shape index (κ2) is 9.29. The molecule has 38 heavy (non-hydrogen) atoms. The van der Waals surface area contributed by atoms with Crippen molar-refractivity contribution in [2.45, 2.75) is 25.9 Å². The Kier molecular flexibility index (Phi) is 5.91. The van der Waals surface area contributed by atoms with Gasteiger partial charge in [-0.3, -0.25) is 4.79 Å². The molecule has 5 aromatic rings. The number of rotatable bonds is 7. The van der Waals surface area contributed by atoms with Crippen LogP contribution in [-0.2, 0) is 20.0 Å². The molecule has 4 heterocycles. The van der Waals surface area contributed by atoms with Crippen LogP contribution >= 0.6 is 0 Å². The summed E-state index contributed by atoms with van der Waals surface area (Å²) in [6.07, 6.45) is 2.13. The number of benzene rings is 2. The molecule has 0 unspecified atom stereocenters. The maximum atomic E-state index is 13.2. The molecule has 0 fully saturated rings. The molecule has 10 heteroatoms. The predicted octanol–water partition coefficient (Wildman–Crippen LogP) is 3.84. The highest BCUT2D eigenvalue weighted by atomic mass is 19.1. The Balaban J connectivity index is 1.50. The van der Waals surface area contributed by atoms with Crippen LogP contribution in [0.25, 0.3) is 33.5 Å². The molecule has 1 aliphatic heterocycles.